The Morgan fingerprint density at radius 1 is 1.10 bits per heavy atom. The van der Waals surface area contributed by atoms with Crippen LogP contribution in [0.3, 0.4) is 0 Å². The molecule has 0 bridgehead atoms. The van der Waals surface area contributed by atoms with Crippen molar-refractivity contribution in [2.24, 2.45) is 0 Å². The quantitative estimate of drug-likeness (QED) is 0.801. The SMILES string of the molecule is CNC(=O)c1ccc(CNCCc2cccc(F)c2)cc1. The van der Waals surface area contributed by atoms with E-state index in [1.54, 1.807) is 19.2 Å². The monoisotopic (exact) mass is 286 g/mol. The lowest BCUT2D eigenvalue weighted by molar-refractivity contribution is 0.0963. The van der Waals surface area contributed by atoms with Gasteiger partial charge in [0.25, 0.3) is 5.91 Å². The maximum Gasteiger partial charge on any atom is 0.251 e. The van der Waals surface area contributed by atoms with Gasteiger partial charge in [-0.2, -0.15) is 0 Å². The highest BCUT2D eigenvalue weighted by Crippen LogP contribution is 2.05. The number of nitrogens with one attached hydrogen (secondary N) is 2. The maximum absolute atomic E-state index is 13.0. The number of benzene rings is 2. The zero-order valence-corrected chi connectivity index (χ0v) is 12.0. The average molecular weight is 286 g/mol. The number of carbonyl (C=O) groups is 1. The highest BCUT2D eigenvalue weighted by atomic mass is 19.1. The Morgan fingerprint density at radius 3 is 2.52 bits per heavy atom. The molecule has 0 atom stereocenters. The lowest BCUT2D eigenvalue weighted by Crippen LogP contribution is -2.18. The topological polar surface area (TPSA) is 41.1 Å². The molecule has 110 valence electrons. The summed E-state index contributed by atoms with van der Waals surface area (Å²) >= 11 is 0. The van der Waals surface area contributed by atoms with Gasteiger partial charge in [-0.05, 0) is 48.4 Å². The van der Waals surface area contributed by atoms with Gasteiger partial charge in [-0.15, -0.1) is 0 Å². The van der Waals surface area contributed by atoms with E-state index in [1.807, 2.05) is 30.3 Å². The summed E-state index contributed by atoms with van der Waals surface area (Å²) in [6.07, 6.45) is 0.786. The van der Waals surface area contributed by atoms with Crippen LogP contribution in [0.5, 0.6) is 0 Å². The molecule has 0 aliphatic carbocycles. The van der Waals surface area contributed by atoms with E-state index >= 15 is 0 Å². The van der Waals surface area contributed by atoms with Gasteiger partial charge in [-0.1, -0.05) is 24.3 Å². The van der Waals surface area contributed by atoms with Crippen LogP contribution >= 0.6 is 0 Å². The third kappa shape index (κ3) is 4.68. The van der Waals surface area contributed by atoms with E-state index in [1.165, 1.54) is 6.07 Å². The van der Waals surface area contributed by atoms with Crippen LogP contribution in [-0.4, -0.2) is 19.5 Å². The molecular weight excluding hydrogens is 267 g/mol. The first-order valence-corrected chi connectivity index (χ1v) is 6.95. The molecule has 2 rings (SSSR count). The summed E-state index contributed by atoms with van der Waals surface area (Å²) in [7, 11) is 1.62. The first-order valence-electron chi connectivity index (χ1n) is 6.95. The molecule has 3 nitrogen and oxygen atoms in total. The molecule has 0 heterocycles. The molecule has 4 heteroatoms. The highest BCUT2D eigenvalue weighted by molar-refractivity contribution is 5.93. The van der Waals surface area contributed by atoms with Gasteiger partial charge in [0.1, 0.15) is 5.82 Å². The molecule has 0 aliphatic rings. The van der Waals surface area contributed by atoms with Crippen molar-refractivity contribution >= 4 is 5.91 Å². The summed E-state index contributed by atoms with van der Waals surface area (Å²) in [5.74, 6) is -0.280. The number of halogens is 1. The highest BCUT2D eigenvalue weighted by Gasteiger charge is 2.02. The molecule has 0 aromatic heterocycles. The first-order chi connectivity index (χ1) is 10.2. The summed E-state index contributed by atoms with van der Waals surface area (Å²) in [5, 5.41) is 5.90. The van der Waals surface area contributed by atoms with Crippen molar-refractivity contribution in [1.29, 1.82) is 0 Å². The van der Waals surface area contributed by atoms with E-state index in [4.69, 9.17) is 0 Å². The van der Waals surface area contributed by atoms with E-state index in [9.17, 15) is 9.18 Å². The van der Waals surface area contributed by atoms with Gasteiger partial charge in [-0.3, -0.25) is 4.79 Å². The molecule has 1 amide bonds. The minimum absolute atomic E-state index is 0.0828. The molecule has 0 saturated carbocycles. The second kappa shape index (κ2) is 7.55. The van der Waals surface area contributed by atoms with Gasteiger partial charge < -0.3 is 10.6 Å². The van der Waals surface area contributed by atoms with Crippen molar-refractivity contribution in [2.75, 3.05) is 13.6 Å². The lowest BCUT2D eigenvalue weighted by Gasteiger charge is -2.06. The minimum atomic E-state index is -0.197. The minimum Gasteiger partial charge on any atom is -0.355 e. The van der Waals surface area contributed by atoms with Crippen LogP contribution in [0.1, 0.15) is 21.5 Å². The lowest BCUT2D eigenvalue weighted by atomic mass is 10.1. The van der Waals surface area contributed by atoms with Crippen molar-refractivity contribution in [2.45, 2.75) is 13.0 Å². The van der Waals surface area contributed by atoms with Crippen LogP contribution in [-0.2, 0) is 13.0 Å². The van der Waals surface area contributed by atoms with Gasteiger partial charge in [0.2, 0.25) is 0 Å². The van der Waals surface area contributed by atoms with Crippen molar-refractivity contribution in [3.05, 3.63) is 71.0 Å². The van der Waals surface area contributed by atoms with Crippen molar-refractivity contribution < 1.29 is 9.18 Å². The summed E-state index contributed by atoms with van der Waals surface area (Å²) < 4.78 is 13.0. The number of rotatable bonds is 6. The second-order valence-corrected chi connectivity index (χ2v) is 4.83. The van der Waals surface area contributed by atoms with Crippen LogP contribution in [0.4, 0.5) is 4.39 Å². The normalized spacial score (nSPS) is 10.4. The third-order valence-electron chi connectivity index (χ3n) is 3.25. The van der Waals surface area contributed by atoms with Crippen LogP contribution < -0.4 is 10.6 Å². The van der Waals surface area contributed by atoms with Gasteiger partial charge in [0.15, 0.2) is 0 Å². The Morgan fingerprint density at radius 2 is 1.86 bits per heavy atom. The fourth-order valence-corrected chi connectivity index (χ4v) is 2.08. The van der Waals surface area contributed by atoms with E-state index in [0.29, 0.717) is 5.56 Å². The molecule has 2 aromatic rings. The van der Waals surface area contributed by atoms with Crippen molar-refractivity contribution in [1.82, 2.24) is 10.6 Å². The fourth-order valence-electron chi connectivity index (χ4n) is 2.08. The summed E-state index contributed by atoms with van der Waals surface area (Å²) in [6.45, 7) is 1.50. The average Bonchev–Trinajstić information content (AvgIpc) is 2.51. The molecular formula is C17H19FN2O. The first kappa shape index (κ1) is 15.2. The van der Waals surface area contributed by atoms with Crippen LogP contribution in [0.15, 0.2) is 48.5 Å². The second-order valence-electron chi connectivity index (χ2n) is 4.83. The summed E-state index contributed by atoms with van der Waals surface area (Å²) in [5.41, 5.74) is 2.75. The Bertz CT molecular complexity index is 596. The van der Waals surface area contributed by atoms with Crippen LogP contribution in [0, 0.1) is 5.82 Å². The molecule has 0 saturated heterocycles. The zero-order valence-electron chi connectivity index (χ0n) is 12.0. The Kier molecular flexibility index (Phi) is 5.46. The van der Waals surface area contributed by atoms with Gasteiger partial charge in [0, 0.05) is 19.2 Å². The third-order valence-corrected chi connectivity index (χ3v) is 3.25. The van der Waals surface area contributed by atoms with Gasteiger partial charge in [-0.25, -0.2) is 4.39 Å². The smallest absolute Gasteiger partial charge is 0.251 e. The molecule has 2 aromatic carbocycles. The maximum atomic E-state index is 13.0. The fraction of sp³-hybridized carbons (Fsp3) is 0.235. The molecule has 0 fully saturated rings. The molecule has 0 radical (unpaired) electrons. The Balaban J connectivity index is 1.77. The Labute approximate surface area is 124 Å². The van der Waals surface area contributed by atoms with E-state index in [-0.39, 0.29) is 11.7 Å². The van der Waals surface area contributed by atoms with Gasteiger partial charge >= 0.3 is 0 Å². The number of hydrogen-bond acceptors (Lipinski definition) is 2. The summed E-state index contributed by atoms with van der Waals surface area (Å²) in [4.78, 5) is 11.4. The number of hydrogen-bond donors (Lipinski definition) is 2. The van der Waals surface area contributed by atoms with Crippen LogP contribution in [0.2, 0.25) is 0 Å². The molecule has 0 aliphatic heterocycles. The Hall–Kier alpha value is -2.20. The van der Waals surface area contributed by atoms with Gasteiger partial charge in [0.05, 0.1) is 0 Å². The predicted octanol–water partition coefficient (Wildman–Crippen LogP) is 2.52. The van der Waals surface area contributed by atoms with Crippen molar-refractivity contribution in [3.63, 3.8) is 0 Å². The predicted molar refractivity (Wildman–Crippen MR) is 81.6 cm³/mol. The molecule has 0 spiro atoms. The summed E-state index contributed by atoms with van der Waals surface area (Å²) in [6, 6.07) is 14.1. The number of amides is 1. The molecule has 2 N–H and O–H groups in total. The van der Waals surface area contributed by atoms with Crippen molar-refractivity contribution in [3.8, 4) is 0 Å². The largest absolute Gasteiger partial charge is 0.355 e. The van der Waals surface area contributed by atoms with E-state index in [2.05, 4.69) is 10.6 Å². The molecule has 21 heavy (non-hydrogen) atoms. The van der Waals surface area contributed by atoms with E-state index < -0.39 is 0 Å². The standard InChI is InChI=1S/C17H19FN2O/c1-19-17(21)15-7-5-14(6-8-15)12-20-10-9-13-3-2-4-16(18)11-13/h2-8,11,20H,9-10,12H2,1H3,(H,19,21). The number of carbonyl (C=O) groups excluding carboxylic acids is 1. The van der Waals surface area contributed by atoms with E-state index in [0.717, 1.165) is 30.6 Å². The molecule has 0 unspecified atom stereocenters. The zero-order chi connectivity index (χ0) is 15.1. The van der Waals surface area contributed by atoms with Crippen LogP contribution in [0.25, 0.3) is 0 Å².